The molecule has 1 atom stereocenters. The van der Waals surface area contributed by atoms with Crippen molar-refractivity contribution in [1.82, 2.24) is 0 Å². The van der Waals surface area contributed by atoms with Gasteiger partial charge in [0.25, 0.3) is 0 Å². The lowest BCUT2D eigenvalue weighted by Gasteiger charge is -2.51. The zero-order chi connectivity index (χ0) is 7.99. The summed E-state index contributed by atoms with van der Waals surface area (Å²) in [6, 6.07) is 0. The van der Waals surface area contributed by atoms with Crippen molar-refractivity contribution in [2.24, 2.45) is 5.41 Å². The van der Waals surface area contributed by atoms with Crippen LogP contribution in [0.4, 0.5) is 0 Å². The van der Waals surface area contributed by atoms with Crippen LogP contribution in [0, 0.1) is 5.41 Å². The molecule has 0 aromatic rings. The van der Waals surface area contributed by atoms with E-state index in [1.54, 1.807) is 6.92 Å². The Balaban J connectivity index is 2.50. The van der Waals surface area contributed by atoms with Gasteiger partial charge in [-0.3, -0.25) is 0 Å². The predicted molar refractivity (Wildman–Crippen MR) is 39.6 cm³/mol. The standard InChI is InChI=1S/C8H16O2/c1-6(9)7(2)4-8(3,10)5-7/h6,9-10H,4-5H2,1-3H3/t6-,7-,8-/m0/s1. The van der Waals surface area contributed by atoms with E-state index in [1.807, 2.05) is 13.8 Å². The van der Waals surface area contributed by atoms with Crippen LogP contribution in [0.1, 0.15) is 33.6 Å². The van der Waals surface area contributed by atoms with Gasteiger partial charge >= 0.3 is 0 Å². The maximum absolute atomic E-state index is 9.39. The van der Waals surface area contributed by atoms with Crippen molar-refractivity contribution in [2.75, 3.05) is 0 Å². The highest BCUT2D eigenvalue weighted by molar-refractivity contribution is 5.01. The van der Waals surface area contributed by atoms with Gasteiger partial charge in [0.1, 0.15) is 0 Å². The van der Waals surface area contributed by atoms with Gasteiger partial charge in [0.15, 0.2) is 0 Å². The molecule has 60 valence electrons. The zero-order valence-corrected chi connectivity index (χ0v) is 6.89. The van der Waals surface area contributed by atoms with Crippen LogP contribution in [-0.4, -0.2) is 21.9 Å². The smallest absolute Gasteiger partial charge is 0.0632 e. The van der Waals surface area contributed by atoms with Crippen molar-refractivity contribution < 1.29 is 10.2 Å². The molecule has 0 spiro atoms. The van der Waals surface area contributed by atoms with Crippen molar-refractivity contribution in [3.05, 3.63) is 0 Å². The van der Waals surface area contributed by atoms with Gasteiger partial charge in [-0.15, -0.1) is 0 Å². The van der Waals surface area contributed by atoms with E-state index in [1.165, 1.54) is 0 Å². The lowest BCUT2D eigenvalue weighted by Crippen LogP contribution is -2.53. The number of aliphatic hydroxyl groups is 2. The summed E-state index contributed by atoms with van der Waals surface area (Å²) < 4.78 is 0. The van der Waals surface area contributed by atoms with Crippen LogP contribution in [-0.2, 0) is 0 Å². The topological polar surface area (TPSA) is 40.5 Å². The Morgan fingerprint density at radius 1 is 1.30 bits per heavy atom. The van der Waals surface area contributed by atoms with Crippen LogP contribution in [0.3, 0.4) is 0 Å². The number of rotatable bonds is 1. The van der Waals surface area contributed by atoms with Gasteiger partial charge in [0.2, 0.25) is 0 Å². The normalized spacial score (nSPS) is 50.1. The Morgan fingerprint density at radius 3 is 1.80 bits per heavy atom. The van der Waals surface area contributed by atoms with E-state index in [-0.39, 0.29) is 11.5 Å². The Hall–Kier alpha value is -0.0800. The van der Waals surface area contributed by atoms with E-state index in [4.69, 9.17) is 0 Å². The second-order valence-electron chi connectivity index (χ2n) is 4.18. The van der Waals surface area contributed by atoms with Crippen molar-refractivity contribution in [2.45, 2.75) is 45.3 Å². The average Bonchev–Trinajstić information content (AvgIpc) is 1.59. The van der Waals surface area contributed by atoms with E-state index >= 15 is 0 Å². The Kier molecular flexibility index (Phi) is 1.57. The summed E-state index contributed by atoms with van der Waals surface area (Å²) >= 11 is 0. The maximum Gasteiger partial charge on any atom is 0.0632 e. The maximum atomic E-state index is 9.39. The van der Waals surface area contributed by atoms with Crippen LogP contribution in [0.15, 0.2) is 0 Å². The monoisotopic (exact) mass is 144 g/mol. The van der Waals surface area contributed by atoms with Crippen LogP contribution >= 0.6 is 0 Å². The zero-order valence-electron chi connectivity index (χ0n) is 6.89. The summed E-state index contributed by atoms with van der Waals surface area (Å²) in [7, 11) is 0. The summed E-state index contributed by atoms with van der Waals surface area (Å²) in [5, 5.41) is 18.6. The van der Waals surface area contributed by atoms with Gasteiger partial charge < -0.3 is 10.2 Å². The fourth-order valence-electron chi connectivity index (χ4n) is 1.98. The highest BCUT2D eigenvalue weighted by atomic mass is 16.3. The molecule has 0 aliphatic heterocycles. The van der Waals surface area contributed by atoms with Gasteiger partial charge in [-0.1, -0.05) is 6.92 Å². The lowest BCUT2D eigenvalue weighted by atomic mass is 9.58. The molecule has 0 radical (unpaired) electrons. The highest BCUT2D eigenvalue weighted by Gasteiger charge is 2.50. The van der Waals surface area contributed by atoms with Crippen LogP contribution in [0.25, 0.3) is 0 Å². The van der Waals surface area contributed by atoms with Crippen molar-refractivity contribution in [1.29, 1.82) is 0 Å². The van der Waals surface area contributed by atoms with Crippen molar-refractivity contribution in [3.63, 3.8) is 0 Å². The Morgan fingerprint density at radius 2 is 1.70 bits per heavy atom. The third-order valence-electron chi connectivity index (χ3n) is 2.58. The van der Waals surface area contributed by atoms with Crippen molar-refractivity contribution in [3.8, 4) is 0 Å². The summed E-state index contributed by atoms with van der Waals surface area (Å²) in [5.41, 5.74) is -0.560. The first-order valence-electron chi connectivity index (χ1n) is 3.76. The molecule has 1 aliphatic carbocycles. The molecule has 1 saturated carbocycles. The second-order valence-corrected chi connectivity index (χ2v) is 4.18. The summed E-state index contributed by atoms with van der Waals surface area (Å²) in [6.07, 6.45) is 1.14. The lowest BCUT2D eigenvalue weighted by molar-refractivity contribution is -0.150. The van der Waals surface area contributed by atoms with Gasteiger partial charge in [0.05, 0.1) is 11.7 Å². The molecule has 10 heavy (non-hydrogen) atoms. The van der Waals surface area contributed by atoms with Crippen LogP contribution in [0.2, 0.25) is 0 Å². The van der Waals surface area contributed by atoms with E-state index in [0.717, 1.165) is 12.8 Å². The first-order valence-corrected chi connectivity index (χ1v) is 3.76. The van der Waals surface area contributed by atoms with Crippen molar-refractivity contribution >= 4 is 0 Å². The summed E-state index contributed by atoms with van der Waals surface area (Å²) in [5.74, 6) is 0. The first-order chi connectivity index (χ1) is 4.36. The molecule has 0 heterocycles. The van der Waals surface area contributed by atoms with Crippen LogP contribution < -0.4 is 0 Å². The predicted octanol–water partition coefficient (Wildman–Crippen LogP) is 0.918. The minimum atomic E-state index is -0.522. The third-order valence-corrected chi connectivity index (χ3v) is 2.58. The molecule has 1 rings (SSSR count). The molecule has 1 aliphatic rings. The van der Waals surface area contributed by atoms with Crippen LogP contribution in [0.5, 0.6) is 0 Å². The van der Waals surface area contributed by atoms with E-state index < -0.39 is 5.60 Å². The Bertz CT molecular complexity index is 130. The number of hydrogen-bond acceptors (Lipinski definition) is 2. The molecule has 1 fully saturated rings. The molecule has 0 aromatic carbocycles. The van der Waals surface area contributed by atoms with E-state index in [2.05, 4.69) is 0 Å². The van der Waals surface area contributed by atoms with Gasteiger partial charge in [-0.2, -0.15) is 0 Å². The minimum absolute atomic E-state index is 0.0382. The van der Waals surface area contributed by atoms with E-state index in [0.29, 0.717) is 0 Å². The van der Waals surface area contributed by atoms with Gasteiger partial charge in [-0.05, 0) is 32.1 Å². The fraction of sp³-hybridized carbons (Fsp3) is 1.00. The number of hydrogen-bond donors (Lipinski definition) is 2. The molecular formula is C8H16O2. The molecule has 0 unspecified atom stereocenters. The molecule has 2 N–H and O–H groups in total. The average molecular weight is 144 g/mol. The molecule has 0 saturated heterocycles. The Labute approximate surface area is 61.9 Å². The third kappa shape index (κ3) is 1.18. The molecule has 0 amide bonds. The highest BCUT2D eigenvalue weighted by Crippen LogP contribution is 2.49. The summed E-state index contributed by atoms with van der Waals surface area (Å²) in [6.45, 7) is 5.61. The first kappa shape index (κ1) is 8.02. The SMILES string of the molecule is C[C@H](O)[C@]1(C)C[C@@](C)(O)C1. The number of aliphatic hydroxyl groups excluding tert-OH is 1. The largest absolute Gasteiger partial charge is 0.393 e. The molecule has 2 nitrogen and oxygen atoms in total. The van der Waals surface area contributed by atoms with Gasteiger partial charge in [-0.25, -0.2) is 0 Å². The quantitative estimate of drug-likeness (QED) is 0.574. The fourth-order valence-corrected chi connectivity index (χ4v) is 1.98. The van der Waals surface area contributed by atoms with Gasteiger partial charge in [0, 0.05) is 0 Å². The summed E-state index contributed by atoms with van der Waals surface area (Å²) in [4.78, 5) is 0. The molecular weight excluding hydrogens is 128 g/mol. The molecule has 0 bridgehead atoms. The second kappa shape index (κ2) is 1.95. The molecule has 0 aromatic heterocycles. The molecule has 2 heteroatoms. The van der Waals surface area contributed by atoms with E-state index in [9.17, 15) is 10.2 Å². The minimum Gasteiger partial charge on any atom is -0.393 e.